The molecule has 2 aromatic heterocycles. The fraction of sp³-hybridized carbons (Fsp3) is 0.579. The number of carbonyl (C=O) groups is 1. The molecule has 1 amide bonds. The van der Waals surface area contributed by atoms with Gasteiger partial charge in [-0.05, 0) is 37.8 Å². The Kier molecular flexibility index (Phi) is 3.57. The molecule has 2 atom stereocenters. The van der Waals surface area contributed by atoms with Crippen molar-refractivity contribution in [2.45, 2.75) is 31.9 Å². The third-order valence-electron chi connectivity index (χ3n) is 5.86. The topological polar surface area (TPSA) is 50.1 Å². The van der Waals surface area contributed by atoms with E-state index < -0.39 is 0 Å². The minimum Gasteiger partial charge on any atom is -0.373 e. The van der Waals surface area contributed by atoms with Gasteiger partial charge in [0.25, 0.3) is 5.91 Å². The normalized spacial score (nSPS) is 27.0. The van der Waals surface area contributed by atoms with Gasteiger partial charge in [-0.3, -0.25) is 9.69 Å². The maximum Gasteiger partial charge on any atom is 0.274 e. The molecule has 3 fully saturated rings. The number of likely N-dealkylation sites (tertiary alicyclic amines) is 1. The summed E-state index contributed by atoms with van der Waals surface area (Å²) in [5.41, 5.74) is 2.30. The van der Waals surface area contributed by atoms with E-state index in [9.17, 15) is 4.79 Å². The predicted octanol–water partition coefficient (Wildman–Crippen LogP) is 1.58. The van der Waals surface area contributed by atoms with Gasteiger partial charge in [-0.1, -0.05) is 6.07 Å². The lowest BCUT2D eigenvalue weighted by Gasteiger charge is -2.36. The number of pyridine rings is 1. The molecule has 2 aromatic rings. The smallest absolute Gasteiger partial charge is 0.274 e. The van der Waals surface area contributed by atoms with Gasteiger partial charge in [-0.25, -0.2) is 4.98 Å². The van der Waals surface area contributed by atoms with E-state index in [1.165, 1.54) is 19.4 Å². The lowest BCUT2D eigenvalue weighted by molar-refractivity contribution is -0.0484. The minimum atomic E-state index is 0.0329. The molecule has 2 aliphatic heterocycles. The molecule has 0 radical (unpaired) electrons. The highest BCUT2D eigenvalue weighted by atomic mass is 16.5. The van der Waals surface area contributed by atoms with Crippen LogP contribution in [0.2, 0.25) is 0 Å². The molecule has 0 N–H and O–H groups in total. The second-order valence-corrected chi connectivity index (χ2v) is 7.60. The summed E-state index contributed by atoms with van der Waals surface area (Å²) in [5.74, 6) is 0.898. The summed E-state index contributed by atoms with van der Waals surface area (Å²) >= 11 is 0. The zero-order chi connectivity index (χ0) is 17.0. The van der Waals surface area contributed by atoms with Crippen LogP contribution in [0.1, 0.15) is 29.0 Å². The van der Waals surface area contributed by atoms with Crippen molar-refractivity contribution in [2.24, 2.45) is 5.92 Å². The van der Waals surface area contributed by atoms with Crippen molar-refractivity contribution in [3.63, 3.8) is 0 Å². The van der Waals surface area contributed by atoms with Crippen LogP contribution in [0.4, 0.5) is 0 Å². The van der Waals surface area contributed by atoms with Gasteiger partial charge < -0.3 is 14.0 Å². The Morgan fingerprint density at radius 3 is 3.00 bits per heavy atom. The van der Waals surface area contributed by atoms with E-state index in [1.54, 1.807) is 0 Å². The number of aromatic nitrogens is 2. The highest BCUT2D eigenvalue weighted by molar-refractivity contribution is 5.94. The Bertz CT molecular complexity index is 813. The molecule has 132 valence electrons. The van der Waals surface area contributed by atoms with Crippen molar-refractivity contribution in [3.05, 3.63) is 35.8 Å². The number of amides is 1. The summed E-state index contributed by atoms with van der Waals surface area (Å²) in [6.45, 7) is 6.34. The van der Waals surface area contributed by atoms with Crippen molar-refractivity contribution in [1.29, 1.82) is 0 Å². The van der Waals surface area contributed by atoms with Crippen molar-refractivity contribution < 1.29 is 9.53 Å². The van der Waals surface area contributed by atoms with Gasteiger partial charge in [0.1, 0.15) is 11.3 Å². The SMILES string of the molecule is Cc1c(C(=O)N2C[C@@H]3OCCN(CC4CC4)[C@@H]3C2)nc2ccccn12. The highest BCUT2D eigenvalue weighted by Crippen LogP contribution is 2.33. The zero-order valence-corrected chi connectivity index (χ0v) is 14.6. The summed E-state index contributed by atoms with van der Waals surface area (Å²) in [7, 11) is 0. The van der Waals surface area contributed by atoms with Gasteiger partial charge >= 0.3 is 0 Å². The Hall–Kier alpha value is -1.92. The number of hydrogen-bond acceptors (Lipinski definition) is 4. The summed E-state index contributed by atoms with van der Waals surface area (Å²) in [5, 5.41) is 0. The number of aryl methyl sites for hydroxylation is 1. The number of carbonyl (C=O) groups excluding carboxylic acids is 1. The molecule has 1 aliphatic carbocycles. The summed E-state index contributed by atoms with van der Waals surface area (Å²) in [6, 6.07) is 6.19. The van der Waals surface area contributed by atoms with Crippen LogP contribution < -0.4 is 0 Å². The number of ether oxygens (including phenoxy) is 1. The van der Waals surface area contributed by atoms with Crippen LogP contribution in [-0.4, -0.2) is 70.0 Å². The first kappa shape index (κ1) is 15.3. The third kappa shape index (κ3) is 2.64. The van der Waals surface area contributed by atoms with Crippen LogP contribution in [0.3, 0.4) is 0 Å². The van der Waals surface area contributed by atoms with E-state index in [2.05, 4.69) is 9.88 Å². The maximum atomic E-state index is 13.1. The highest BCUT2D eigenvalue weighted by Gasteiger charge is 2.43. The van der Waals surface area contributed by atoms with E-state index >= 15 is 0 Å². The first-order valence-corrected chi connectivity index (χ1v) is 9.29. The number of morpholine rings is 1. The monoisotopic (exact) mass is 340 g/mol. The average molecular weight is 340 g/mol. The van der Waals surface area contributed by atoms with Crippen LogP contribution in [0.15, 0.2) is 24.4 Å². The van der Waals surface area contributed by atoms with E-state index in [0.717, 1.165) is 37.0 Å². The van der Waals surface area contributed by atoms with E-state index in [4.69, 9.17) is 4.74 Å². The summed E-state index contributed by atoms with van der Waals surface area (Å²) in [6.07, 6.45) is 4.82. The molecule has 2 saturated heterocycles. The number of fused-ring (bicyclic) bond motifs is 2. The molecule has 6 heteroatoms. The molecular weight excluding hydrogens is 316 g/mol. The van der Waals surface area contributed by atoms with Crippen LogP contribution in [0.25, 0.3) is 5.65 Å². The second-order valence-electron chi connectivity index (χ2n) is 7.60. The number of nitrogens with zero attached hydrogens (tertiary/aromatic N) is 4. The van der Waals surface area contributed by atoms with Gasteiger partial charge in [0.2, 0.25) is 0 Å². The van der Waals surface area contributed by atoms with E-state index in [-0.39, 0.29) is 12.0 Å². The lowest BCUT2D eigenvalue weighted by Crippen LogP contribution is -2.51. The molecule has 0 spiro atoms. The number of imidazole rings is 1. The predicted molar refractivity (Wildman–Crippen MR) is 93.7 cm³/mol. The van der Waals surface area contributed by atoms with Gasteiger partial charge in [0.15, 0.2) is 0 Å². The fourth-order valence-electron chi connectivity index (χ4n) is 4.25. The lowest BCUT2D eigenvalue weighted by atomic mass is 10.1. The average Bonchev–Trinajstić information content (AvgIpc) is 3.23. The van der Waals surface area contributed by atoms with Gasteiger partial charge in [0, 0.05) is 32.4 Å². The third-order valence-corrected chi connectivity index (χ3v) is 5.86. The molecule has 1 saturated carbocycles. The van der Waals surface area contributed by atoms with Crippen LogP contribution in [-0.2, 0) is 4.74 Å². The van der Waals surface area contributed by atoms with Crippen molar-refractivity contribution >= 4 is 11.6 Å². The Morgan fingerprint density at radius 1 is 1.32 bits per heavy atom. The fourth-order valence-corrected chi connectivity index (χ4v) is 4.25. The quantitative estimate of drug-likeness (QED) is 0.851. The van der Waals surface area contributed by atoms with Gasteiger partial charge in [0.05, 0.1) is 24.4 Å². The molecule has 25 heavy (non-hydrogen) atoms. The summed E-state index contributed by atoms with van der Waals surface area (Å²) < 4.78 is 7.96. The molecule has 0 unspecified atom stereocenters. The Balaban J connectivity index is 1.38. The molecule has 6 nitrogen and oxygen atoms in total. The van der Waals surface area contributed by atoms with Crippen LogP contribution in [0.5, 0.6) is 0 Å². The largest absolute Gasteiger partial charge is 0.373 e. The zero-order valence-electron chi connectivity index (χ0n) is 14.6. The van der Waals surface area contributed by atoms with Crippen molar-refractivity contribution in [1.82, 2.24) is 19.2 Å². The first-order valence-electron chi connectivity index (χ1n) is 9.29. The molecule has 0 aromatic carbocycles. The molecule has 0 bridgehead atoms. The van der Waals surface area contributed by atoms with Crippen LogP contribution in [0, 0.1) is 12.8 Å². The van der Waals surface area contributed by atoms with E-state index in [1.807, 2.05) is 40.6 Å². The Morgan fingerprint density at radius 2 is 2.20 bits per heavy atom. The van der Waals surface area contributed by atoms with Crippen molar-refractivity contribution in [3.8, 4) is 0 Å². The molecule has 5 rings (SSSR count). The molecule has 4 heterocycles. The first-order chi connectivity index (χ1) is 12.2. The minimum absolute atomic E-state index is 0.0329. The summed E-state index contributed by atoms with van der Waals surface area (Å²) in [4.78, 5) is 22.2. The number of hydrogen-bond donors (Lipinski definition) is 0. The number of rotatable bonds is 3. The molecular formula is C19H24N4O2. The van der Waals surface area contributed by atoms with Gasteiger partial charge in [-0.15, -0.1) is 0 Å². The Labute approximate surface area is 147 Å². The van der Waals surface area contributed by atoms with Gasteiger partial charge in [-0.2, -0.15) is 0 Å². The van der Waals surface area contributed by atoms with Crippen molar-refractivity contribution in [2.75, 3.05) is 32.8 Å². The second kappa shape index (κ2) is 5.81. The van der Waals surface area contributed by atoms with Crippen LogP contribution >= 0.6 is 0 Å². The standard InChI is InChI=1S/C19H24N4O2/c1-13-18(20-17-4-2-3-7-23(13)17)19(24)22-11-15-16(12-22)25-9-8-21(15)10-14-5-6-14/h2-4,7,14-16H,5-6,8-12H2,1H3/t15-,16+/m1/s1. The molecule has 3 aliphatic rings. The van der Waals surface area contributed by atoms with E-state index in [0.29, 0.717) is 18.3 Å². The maximum absolute atomic E-state index is 13.1.